The zero-order chi connectivity index (χ0) is 49.7. The van der Waals surface area contributed by atoms with Crippen molar-refractivity contribution in [3.8, 4) is 0 Å². The maximum Gasteiger partial charge on any atom is 0.311 e. The number of likely N-dealkylation sites (N-methyl/N-ethyl adjacent to an activating group) is 1. The van der Waals surface area contributed by atoms with Crippen molar-refractivity contribution in [2.24, 2.45) is 17.8 Å². The van der Waals surface area contributed by atoms with Gasteiger partial charge in [0.1, 0.15) is 35.1 Å². The first-order valence-electron chi connectivity index (χ1n) is 24.7. The predicted octanol–water partition coefficient (Wildman–Crippen LogP) is 2.81. The minimum atomic E-state index is -4.04. The lowest BCUT2D eigenvalue weighted by Gasteiger charge is -2.53. The fourth-order valence-electron chi connectivity index (χ4n) is 11.1. The molecule has 3 heterocycles. The summed E-state index contributed by atoms with van der Waals surface area (Å²) in [5.74, 6) is -3.07. The van der Waals surface area contributed by atoms with Crippen LogP contribution in [0.3, 0.4) is 0 Å². The lowest BCUT2D eigenvalue weighted by atomic mass is 9.75. The lowest BCUT2D eigenvalue weighted by molar-refractivity contribution is -0.336. The van der Waals surface area contributed by atoms with Gasteiger partial charge in [-0.25, -0.2) is 0 Å². The molecule has 10 unspecified atom stereocenters. The van der Waals surface area contributed by atoms with E-state index in [1.54, 1.807) is 62.4 Å². The smallest absolute Gasteiger partial charge is 0.311 e. The highest BCUT2D eigenvalue weighted by molar-refractivity contribution is 7.86. The highest BCUT2D eigenvalue weighted by atomic mass is 32.2. The van der Waals surface area contributed by atoms with Gasteiger partial charge in [0.25, 0.3) is 10.2 Å². The van der Waals surface area contributed by atoms with Gasteiger partial charge in [0.05, 0.1) is 42.0 Å². The fourth-order valence-corrected chi connectivity index (χ4v) is 12.6. The Hall–Kier alpha value is -1.14. The van der Waals surface area contributed by atoms with Crippen molar-refractivity contribution in [3.63, 3.8) is 0 Å². The molecule has 3 saturated heterocycles. The molecule has 0 aromatic carbocycles. The minimum absolute atomic E-state index is 0.0316. The highest BCUT2D eigenvalue weighted by Gasteiger charge is 2.58. The monoisotopic (exact) mass is 967 g/mol. The molecule has 1 saturated carbocycles. The molecule has 4 rings (SSSR count). The summed E-state index contributed by atoms with van der Waals surface area (Å²) in [5.41, 5.74) is -6.28. The molecule has 18 nitrogen and oxygen atoms in total. The molecule has 4 aliphatic rings. The zero-order valence-corrected chi connectivity index (χ0v) is 43.4. The van der Waals surface area contributed by atoms with Gasteiger partial charge >= 0.3 is 5.97 Å². The average Bonchev–Trinajstić information content (AvgIpc) is 3.26. The van der Waals surface area contributed by atoms with Crippen LogP contribution in [0.5, 0.6) is 0 Å². The van der Waals surface area contributed by atoms with E-state index in [0.29, 0.717) is 13.1 Å². The van der Waals surface area contributed by atoms with Crippen molar-refractivity contribution in [2.45, 2.75) is 236 Å². The third-order valence-electron chi connectivity index (χ3n) is 15.6. The maximum absolute atomic E-state index is 14.5. The van der Waals surface area contributed by atoms with E-state index in [2.05, 4.69) is 10.6 Å². The van der Waals surface area contributed by atoms with Crippen LogP contribution >= 0.6 is 0 Å². The van der Waals surface area contributed by atoms with Crippen molar-refractivity contribution in [2.75, 3.05) is 40.8 Å². The van der Waals surface area contributed by atoms with Gasteiger partial charge in [-0.05, 0) is 106 Å². The van der Waals surface area contributed by atoms with Crippen molar-refractivity contribution < 1.29 is 67.2 Å². The molecule has 0 aromatic rings. The van der Waals surface area contributed by atoms with Crippen LogP contribution in [0.15, 0.2) is 0 Å². The van der Waals surface area contributed by atoms with E-state index in [1.165, 1.54) is 29.7 Å². The van der Waals surface area contributed by atoms with E-state index in [9.17, 15) is 38.7 Å². The normalized spacial score (nSPS) is 44.5. The lowest BCUT2D eigenvalue weighted by Crippen LogP contribution is -2.70. The molecule has 0 spiro atoms. The third-order valence-corrected chi connectivity index (χ3v) is 17.7. The molecule has 1 aliphatic carbocycles. The van der Waals surface area contributed by atoms with Crippen LogP contribution in [0.1, 0.15) is 140 Å². The molecule has 19 heteroatoms. The van der Waals surface area contributed by atoms with Gasteiger partial charge in [-0.3, -0.25) is 4.79 Å². The number of nitrogens with one attached hydrogen (secondary N) is 2. The van der Waals surface area contributed by atoms with E-state index in [-0.39, 0.29) is 44.2 Å². The number of cyclic esters (lactones) is 1. The van der Waals surface area contributed by atoms with E-state index in [0.717, 1.165) is 38.5 Å². The Morgan fingerprint density at radius 3 is 2.14 bits per heavy atom. The predicted molar refractivity (Wildman–Crippen MR) is 249 cm³/mol. The second-order valence-electron chi connectivity index (χ2n) is 21.1. The summed E-state index contributed by atoms with van der Waals surface area (Å²) >= 11 is 0. The number of ether oxygens (including phenoxy) is 6. The van der Waals surface area contributed by atoms with Gasteiger partial charge in [0.15, 0.2) is 12.6 Å². The van der Waals surface area contributed by atoms with E-state index < -0.39 is 118 Å². The van der Waals surface area contributed by atoms with Crippen LogP contribution in [0.25, 0.3) is 0 Å². The Morgan fingerprint density at radius 1 is 0.909 bits per heavy atom. The van der Waals surface area contributed by atoms with E-state index in [4.69, 9.17) is 28.4 Å². The zero-order valence-electron chi connectivity index (χ0n) is 42.6. The maximum atomic E-state index is 14.5. The highest BCUT2D eigenvalue weighted by Crippen LogP contribution is 2.43. The van der Waals surface area contributed by atoms with Crippen LogP contribution in [0.2, 0.25) is 0 Å². The van der Waals surface area contributed by atoms with Gasteiger partial charge in [-0.2, -0.15) is 17.0 Å². The van der Waals surface area contributed by atoms with Crippen LogP contribution < -0.4 is 10.6 Å². The Labute approximate surface area is 396 Å². The van der Waals surface area contributed by atoms with Gasteiger partial charge in [-0.15, -0.1) is 0 Å². The quantitative estimate of drug-likeness (QED) is 0.0979. The number of hydrogen-bond acceptors (Lipinski definition) is 16. The SMILES string of the molecule is CCCNC[C@]1(O)[C@H](C)O[C@@H](OC2C(C)C(=O)OC(CC)C(C)(O)C(O)C(C)NCC(C)CC(C)(O)C(O[C@@H]3O[C@H](C)C[C@H](N(C)S(=O)(=O)N(C)C4CCCCC4)[C@H]3O)C2C)C[C@@]1(C)OC. The van der Waals surface area contributed by atoms with Crippen LogP contribution in [-0.2, 0) is 43.4 Å². The van der Waals surface area contributed by atoms with Crippen molar-refractivity contribution in [3.05, 3.63) is 0 Å². The van der Waals surface area contributed by atoms with Crippen LogP contribution in [0, 0.1) is 17.8 Å². The summed E-state index contributed by atoms with van der Waals surface area (Å²) in [7, 11) is 0.525. The van der Waals surface area contributed by atoms with Gasteiger partial charge in [-0.1, -0.05) is 47.0 Å². The summed E-state index contributed by atoms with van der Waals surface area (Å²) in [6, 6.07) is -1.77. The molecule has 0 aromatic heterocycles. The Kier molecular flexibility index (Phi) is 20.4. The Bertz CT molecular complexity index is 1640. The number of carbonyl (C=O) groups is 1. The molecule has 3 aliphatic heterocycles. The second-order valence-corrected chi connectivity index (χ2v) is 23.1. The van der Waals surface area contributed by atoms with Crippen molar-refractivity contribution in [1.82, 2.24) is 19.2 Å². The summed E-state index contributed by atoms with van der Waals surface area (Å²) in [6.07, 6.45) is -4.54. The number of hydrogen-bond donors (Lipinski definition) is 7. The van der Waals surface area contributed by atoms with Crippen LogP contribution in [-0.4, -0.2) is 185 Å². The summed E-state index contributed by atoms with van der Waals surface area (Å²) < 4.78 is 69.5. The molecule has 0 radical (unpaired) electrons. The molecule has 18 atom stereocenters. The van der Waals surface area contributed by atoms with E-state index >= 15 is 0 Å². The van der Waals surface area contributed by atoms with Crippen LogP contribution in [0.4, 0.5) is 0 Å². The summed E-state index contributed by atoms with van der Waals surface area (Å²) in [4.78, 5) is 14.5. The van der Waals surface area contributed by atoms with Gasteiger partial charge in [0, 0.05) is 52.2 Å². The molecule has 0 bridgehead atoms. The molecular weight excluding hydrogens is 877 g/mol. The Balaban J connectivity index is 1.80. The van der Waals surface area contributed by atoms with E-state index in [1.807, 2.05) is 13.8 Å². The standard InChI is InChI=1S/C47H90N4O14S/c1-15-22-48-27-47(57)33(8)62-37(25-45(47,10)60-14)64-39-30(5)41(44(9,55)24-28(3)26-49-32(7)40(53)46(11,56)36(16-2)63-42(54)31(39)6)65-43-38(52)35(23-29(4)61-43)51(13)66(58,59)50(12)34-20-18-17-19-21-34/h28-41,43,48-49,52-53,55-57H,15-27H2,1-14H3/t28?,29-,30?,31?,32?,33+,35+,36?,37+,38-,39?,40?,41?,43+,44?,45-,46?,47+/m1/s1. The number of aliphatic hydroxyl groups is 5. The Morgan fingerprint density at radius 2 is 1.55 bits per heavy atom. The summed E-state index contributed by atoms with van der Waals surface area (Å²) in [5, 5.41) is 66.9. The summed E-state index contributed by atoms with van der Waals surface area (Å²) in [6.45, 7) is 20.2. The number of esters is 1. The average molecular weight is 967 g/mol. The number of rotatable bonds is 14. The topological polar surface area (TPSA) is 238 Å². The number of nitrogens with zero attached hydrogens (tertiary/aromatic N) is 2. The number of aliphatic hydroxyl groups excluding tert-OH is 2. The minimum Gasteiger partial charge on any atom is -0.459 e. The largest absolute Gasteiger partial charge is 0.459 e. The molecule has 7 N–H and O–H groups in total. The number of methoxy groups -OCH3 is 1. The first-order valence-corrected chi connectivity index (χ1v) is 26.1. The second kappa shape index (κ2) is 23.4. The number of carbonyl (C=O) groups excluding carboxylic acids is 1. The molecule has 66 heavy (non-hydrogen) atoms. The van der Waals surface area contributed by atoms with Crippen molar-refractivity contribution >= 4 is 16.2 Å². The fraction of sp³-hybridized carbons (Fsp3) is 0.979. The first-order chi connectivity index (χ1) is 30.6. The molecular formula is C47H90N4O14S. The molecule has 388 valence electrons. The molecule has 0 amide bonds. The first kappa shape index (κ1) is 57.4. The van der Waals surface area contributed by atoms with Crippen molar-refractivity contribution in [1.29, 1.82) is 0 Å². The molecule has 4 fully saturated rings. The third kappa shape index (κ3) is 12.7. The van der Waals surface area contributed by atoms with Gasteiger partial charge in [0.2, 0.25) is 0 Å². The van der Waals surface area contributed by atoms with Gasteiger partial charge < -0.3 is 64.6 Å².